The Hall–Kier alpha value is -1.59. The Balaban J connectivity index is 2.22. The van der Waals surface area contributed by atoms with Crippen LogP contribution >= 0.6 is 0 Å². The van der Waals surface area contributed by atoms with E-state index >= 15 is 0 Å². The van der Waals surface area contributed by atoms with E-state index in [1.807, 2.05) is 18.2 Å². The SMILES string of the molecule is CN(C)C(=O)Oc1ccccc1C[N+](C)(C)CCCCCCCCCCC[N+](C)(C)C. The van der Waals surface area contributed by atoms with E-state index in [1.54, 1.807) is 14.1 Å². The molecule has 0 aromatic heterocycles. The molecule has 0 bridgehead atoms. The summed E-state index contributed by atoms with van der Waals surface area (Å²) in [4.78, 5) is 13.4. The van der Waals surface area contributed by atoms with Gasteiger partial charge in [-0.3, -0.25) is 0 Å². The van der Waals surface area contributed by atoms with Crippen molar-refractivity contribution in [2.75, 3.05) is 62.4 Å². The van der Waals surface area contributed by atoms with Crippen molar-refractivity contribution in [3.8, 4) is 5.75 Å². The molecule has 0 radical (unpaired) electrons. The number of nitrogens with zero attached hydrogens (tertiary/aromatic N) is 3. The minimum atomic E-state index is -0.328. The van der Waals surface area contributed by atoms with Gasteiger partial charge in [-0.1, -0.05) is 44.2 Å². The number of hydrogen-bond donors (Lipinski definition) is 0. The maximum Gasteiger partial charge on any atom is 0.414 e. The van der Waals surface area contributed by atoms with Crippen molar-refractivity contribution < 1.29 is 18.5 Å². The molecule has 1 aromatic rings. The van der Waals surface area contributed by atoms with Crippen LogP contribution in [-0.4, -0.2) is 82.4 Å². The molecule has 0 aliphatic carbocycles. The van der Waals surface area contributed by atoms with E-state index in [1.165, 1.54) is 69.2 Å². The summed E-state index contributed by atoms with van der Waals surface area (Å²) in [5, 5.41) is 0. The zero-order valence-electron chi connectivity index (χ0n) is 21.5. The van der Waals surface area contributed by atoms with Crippen molar-refractivity contribution in [3.63, 3.8) is 0 Å². The minimum absolute atomic E-state index is 0.328. The Morgan fingerprint density at radius 3 is 1.77 bits per heavy atom. The van der Waals surface area contributed by atoms with Gasteiger partial charge in [0.1, 0.15) is 12.3 Å². The number of hydrogen-bond acceptors (Lipinski definition) is 2. The lowest BCUT2D eigenvalue weighted by molar-refractivity contribution is -0.903. The van der Waals surface area contributed by atoms with Crippen LogP contribution in [0.4, 0.5) is 4.79 Å². The number of rotatable bonds is 15. The van der Waals surface area contributed by atoms with Gasteiger partial charge >= 0.3 is 6.09 Å². The molecule has 5 nitrogen and oxygen atoms in total. The summed E-state index contributed by atoms with van der Waals surface area (Å²) in [6, 6.07) is 7.90. The van der Waals surface area contributed by atoms with E-state index in [4.69, 9.17) is 4.74 Å². The quantitative estimate of drug-likeness (QED) is 0.267. The Kier molecular flexibility index (Phi) is 12.2. The molecule has 31 heavy (non-hydrogen) atoms. The van der Waals surface area contributed by atoms with Gasteiger partial charge in [0.25, 0.3) is 0 Å². The van der Waals surface area contributed by atoms with Gasteiger partial charge in [-0.05, 0) is 37.8 Å². The molecule has 178 valence electrons. The van der Waals surface area contributed by atoms with E-state index in [-0.39, 0.29) is 6.09 Å². The third-order valence-electron chi connectivity index (χ3n) is 5.73. The highest BCUT2D eigenvalue weighted by molar-refractivity contribution is 5.70. The second kappa shape index (κ2) is 13.7. The normalized spacial score (nSPS) is 12.1. The van der Waals surface area contributed by atoms with Crippen LogP contribution in [0.3, 0.4) is 0 Å². The number of quaternary nitrogens is 2. The summed E-state index contributed by atoms with van der Waals surface area (Å²) in [5.74, 6) is 0.675. The molecule has 0 saturated heterocycles. The fourth-order valence-electron chi connectivity index (χ4n) is 3.82. The standard InChI is InChI=1S/C26H49N3O2/c1-27(2)26(30)31-25-20-16-15-19-24(25)23-29(6,7)22-18-14-12-10-8-9-11-13-17-21-28(3,4)5/h15-16,19-20H,8-14,17-18,21-23H2,1-7H3/q+2. The molecule has 0 fully saturated rings. The number of amides is 1. The number of carbonyl (C=O) groups excluding carboxylic acids is 1. The minimum Gasteiger partial charge on any atom is -0.410 e. The monoisotopic (exact) mass is 435 g/mol. The maximum atomic E-state index is 11.9. The van der Waals surface area contributed by atoms with Crippen molar-refractivity contribution in [1.82, 2.24) is 4.90 Å². The highest BCUT2D eigenvalue weighted by Gasteiger charge is 2.19. The molecule has 0 aliphatic rings. The number of carbonyl (C=O) groups is 1. The number of benzene rings is 1. The summed E-state index contributed by atoms with van der Waals surface area (Å²) in [6.45, 7) is 3.29. The first-order chi connectivity index (χ1) is 14.5. The Labute approximate surface area is 192 Å². The topological polar surface area (TPSA) is 29.5 Å². The zero-order valence-corrected chi connectivity index (χ0v) is 21.5. The third kappa shape index (κ3) is 13.4. The van der Waals surface area contributed by atoms with Crippen molar-refractivity contribution in [2.24, 2.45) is 0 Å². The average Bonchev–Trinajstić information content (AvgIpc) is 2.66. The van der Waals surface area contributed by atoms with Gasteiger partial charge in [0, 0.05) is 19.7 Å². The molecule has 0 saturated carbocycles. The molecule has 1 aromatic carbocycles. The van der Waals surface area contributed by atoms with E-state index in [2.05, 4.69) is 41.3 Å². The van der Waals surface area contributed by atoms with E-state index in [0.717, 1.165) is 27.6 Å². The highest BCUT2D eigenvalue weighted by atomic mass is 16.6. The summed E-state index contributed by atoms with van der Waals surface area (Å²) in [7, 11) is 14.8. The molecular formula is C26H49N3O2+2. The lowest BCUT2D eigenvalue weighted by atomic mass is 10.1. The summed E-state index contributed by atoms with van der Waals surface area (Å²) in [5.41, 5.74) is 1.09. The molecule has 0 aliphatic heterocycles. The fourth-order valence-corrected chi connectivity index (χ4v) is 3.82. The first-order valence-electron chi connectivity index (χ1n) is 12.1. The number of ether oxygens (including phenoxy) is 1. The van der Waals surface area contributed by atoms with Crippen LogP contribution in [0.1, 0.15) is 63.4 Å². The predicted molar refractivity (Wildman–Crippen MR) is 131 cm³/mol. The van der Waals surface area contributed by atoms with Gasteiger partial charge in [-0.2, -0.15) is 0 Å². The largest absolute Gasteiger partial charge is 0.414 e. The van der Waals surface area contributed by atoms with Crippen LogP contribution in [0.25, 0.3) is 0 Å². The Bertz CT molecular complexity index is 636. The summed E-state index contributed by atoms with van der Waals surface area (Å²) in [6.07, 6.45) is 11.8. The molecule has 1 amide bonds. The van der Waals surface area contributed by atoms with Crippen LogP contribution in [0.2, 0.25) is 0 Å². The first kappa shape index (κ1) is 27.4. The Morgan fingerprint density at radius 2 is 1.26 bits per heavy atom. The van der Waals surface area contributed by atoms with Crippen molar-refractivity contribution in [1.29, 1.82) is 0 Å². The molecule has 0 atom stereocenters. The summed E-state index contributed by atoms with van der Waals surface area (Å²) >= 11 is 0. The van der Waals surface area contributed by atoms with Gasteiger partial charge in [0.05, 0.1) is 48.3 Å². The molecule has 5 heteroatoms. The lowest BCUT2D eigenvalue weighted by Gasteiger charge is -2.30. The lowest BCUT2D eigenvalue weighted by Crippen LogP contribution is -2.39. The van der Waals surface area contributed by atoms with Gasteiger partial charge in [0.2, 0.25) is 0 Å². The van der Waals surface area contributed by atoms with Crippen LogP contribution in [0, 0.1) is 0 Å². The molecule has 0 unspecified atom stereocenters. The second-order valence-corrected chi connectivity index (χ2v) is 10.9. The average molecular weight is 436 g/mol. The molecule has 0 heterocycles. The van der Waals surface area contributed by atoms with Crippen molar-refractivity contribution in [2.45, 2.75) is 64.3 Å². The summed E-state index contributed by atoms with van der Waals surface area (Å²) < 4.78 is 7.54. The second-order valence-electron chi connectivity index (χ2n) is 10.9. The van der Waals surface area contributed by atoms with Crippen molar-refractivity contribution >= 4 is 6.09 Å². The van der Waals surface area contributed by atoms with Crippen LogP contribution in [0.15, 0.2) is 24.3 Å². The molecular weight excluding hydrogens is 386 g/mol. The number of unbranched alkanes of at least 4 members (excludes halogenated alkanes) is 8. The molecule has 1 rings (SSSR count). The van der Waals surface area contributed by atoms with Gasteiger partial charge in [0.15, 0.2) is 0 Å². The molecule has 0 spiro atoms. The van der Waals surface area contributed by atoms with E-state index < -0.39 is 0 Å². The van der Waals surface area contributed by atoms with Gasteiger partial charge in [-0.15, -0.1) is 0 Å². The smallest absolute Gasteiger partial charge is 0.410 e. The zero-order chi connectivity index (χ0) is 23.3. The van der Waals surface area contributed by atoms with Crippen LogP contribution < -0.4 is 4.74 Å². The van der Waals surface area contributed by atoms with E-state index in [9.17, 15) is 4.79 Å². The number of para-hydroxylation sites is 1. The molecule has 0 N–H and O–H groups in total. The Morgan fingerprint density at radius 1 is 0.774 bits per heavy atom. The third-order valence-corrected chi connectivity index (χ3v) is 5.73. The van der Waals surface area contributed by atoms with Crippen molar-refractivity contribution in [3.05, 3.63) is 29.8 Å². The predicted octanol–water partition coefficient (Wildman–Crippen LogP) is 5.54. The first-order valence-corrected chi connectivity index (χ1v) is 12.1. The fraction of sp³-hybridized carbons (Fsp3) is 0.731. The highest BCUT2D eigenvalue weighted by Crippen LogP contribution is 2.23. The van der Waals surface area contributed by atoms with Gasteiger partial charge < -0.3 is 18.6 Å². The van der Waals surface area contributed by atoms with E-state index in [0.29, 0.717) is 5.75 Å². The maximum absolute atomic E-state index is 11.9. The van der Waals surface area contributed by atoms with Gasteiger partial charge in [-0.25, -0.2) is 4.79 Å². The van der Waals surface area contributed by atoms with Crippen LogP contribution in [0.5, 0.6) is 5.75 Å². The van der Waals surface area contributed by atoms with Crippen LogP contribution in [-0.2, 0) is 6.54 Å².